The summed E-state index contributed by atoms with van der Waals surface area (Å²) in [5, 5.41) is 9.99. The van der Waals surface area contributed by atoms with Crippen LogP contribution in [0.25, 0.3) is 6.08 Å². The molecular formula is C18H23ClFNO3. The van der Waals surface area contributed by atoms with Crippen LogP contribution in [0.5, 0.6) is 0 Å². The average Bonchev–Trinajstić information content (AvgIpc) is 2.48. The zero-order chi connectivity index (χ0) is 17.9. The number of aliphatic hydroxyl groups is 1. The van der Waals surface area contributed by atoms with Gasteiger partial charge in [0, 0.05) is 29.6 Å². The third-order valence-corrected chi connectivity index (χ3v) is 4.05. The molecule has 4 nitrogen and oxygen atoms in total. The van der Waals surface area contributed by atoms with Crippen LogP contribution in [0.4, 0.5) is 9.18 Å². The van der Waals surface area contributed by atoms with Crippen LogP contribution < -0.4 is 0 Å². The van der Waals surface area contributed by atoms with Gasteiger partial charge in [0.05, 0.1) is 6.61 Å². The Balaban J connectivity index is 2.13. The fourth-order valence-corrected chi connectivity index (χ4v) is 2.78. The molecule has 0 radical (unpaired) electrons. The van der Waals surface area contributed by atoms with E-state index in [2.05, 4.69) is 0 Å². The van der Waals surface area contributed by atoms with E-state index in [4.69, 9.17) is 16.3 Å². The molecule has 0 aromatic heterocycles. The second-order valence-electron chi connectivity index (χ2n) is 6.94. The minimum atomic E-state index is -0.561. The van der Waals surface area contributed by atoms with Crippen LogP contribution in [-0.4, -0.2) is 41.4 Å². The minimum absolute atomic E-state index is 0.111. The molecule has 1 fully saturated rings. The standard InChI is InChI=1S/C18H23ClFNO3/c1-18(2,3)24-17(23)21-7-6-12(14(10-21)11-22)8-13-4-5-15(19)9-16(13)20/h4-5,8-9,14,22H,6-7,10-11H2,1-3H3/b12-8-. The summed E-state index contributed by atoms with van der Waals surface area (Å²) in [6.45, 7) is 6.16. The molecule has 24 heavy (non-hydrogen) atoms. The molecule has 1 aromatic carbocycles. The second-order valence-corrected chi connectivity index (χ2v) is 7.38. The van der Waals surface area contributed by atoms with Crippen LogP contribution >= 0.6 is 11.6 Å². The molecule has 1 unspecified atom stereocenters. The Labute approximate surface area is 146 Å². The highest BCUT2D eigenvalue weighted by Gasteiger charge is 2.29. The normalized spacial score (nSPS) is 20.3. The summed E-state index contributed by atoms with van der Waals surface area (Å²) in [5.41, 5.74) is 0.783. The number of ether oxygens (including phenoxy) is 1. The van der Waals surface area contributed by atoms with Gasteiger partial charge in [0.2, 0.25) is 0 Å². The Hall–Kier alpha value is -1.59. The van der Waals surface area contributed by atoms with Crippen molar-refractivity contribution in [2.45, 2.75) is 32.8 Å². The number of rotatable bonds is 2. The molecule has 0 spiro atoms. The summed E-state index contributed by atoms with van der Waals surface area (Å²) in [5.74, 6) is -0.636. The molecule has 132 valence electrons. The van der Waals surface area contributed by atoms with Gasteiger partial charge in [0.25, 0.3) is 0 Å². The number of carbonyl (C=O) groups is 1. The van der Waals surface area contributed by atoms with Crippen molar-refractivity contribution in [3.8, 4) is 0 Å². The minimum Gasteiger partial charge on any atom is -0.444 e. The molecule has 1 aliphatic heterocycles. The van der Waals surface area contributed by atoms with E-state index in [0.29, 0.717) is 30.1 Å². The molecule has 2 rings (SSSR count). The predicted octanol–water partition coefficient (Wildman–Crippen LogP) is 4.11. The second kappa shape index (κ2) is 7.53. The van der Waals surface area contributed by atoms with Gasteiger partial charge < -0.3 is 14.7 Å². The molecule has 1 amide bonds. The monoisotopic (exact) mass is 355 g/mol. The quantitative estimate of drug-likeness (QED) is 0.868. The molecule has 1 atom stereocenters. The van der Waals surface area contributed by atoms with Crippen molar-refractivity contribution in [2.24, 2.45) is 5.92 Å². The highest BCUT2D eigenvalue weighted by Crippen LogP contribution is 2.27. The van der Waals surface area contributed by atoms with E-state index >= 15 is 0 Å². The first-order chi connectivity index (χ1) is 11.2. The number of amides is 1. The maximum Gasteiger partial charge on any atom is 0.410 e. The van der Waals surface area contributed by atoms with Crippen molar-refractivity contribution in [3.63, 3.8) is 0 Å². The predicted molar refractivity (Wildman–Crippen MR) is 92.4 cm³/mol. The van der Waals surface area contributed by atoms with Crippen molar-refractivity contribution in [3.05, 3.63) is 40.2 Å². The molecule has 1 aliphatic rings. The van der Waals surface area contributed by atoms with E-state index < -0.39 is 17.5 Å². The summed E-state index contributed by atoms with van der Waals surface area (Å²) < 4.78 is 19.3. The first-order valence-electron chi connectivity index (χ1n) is 7.94. The van der Waals surface area contributed by atoms with Crippen molar-refractivity contribution >= 4 is 23.8 Å². The Morgan fingerprint density at radius 1 is 1.50 bits per heavy atom. The number of benzene rings is 1. The maximum atomic E-state index is 14.0. The number of hydrogen-bond donors (Lipinski definition) is 1. The van der Waals surface area contributed by atoms with Crippen LogP contribution in [0, 0.1) is 11.7 Å². The van der Waals surface area contributed by atoms with Crippen molar-refractivity contribution in [2.75, 3.05) is 19.7 Å². The fraction of sp³-hybridized carbons (Fsp3) is 0.500. The van der Waals surface area contributed by atoms with Gasteiger partial charge in [-0.05, 0) is 39.3 Å². The van der Waals surface area contributed by atoms with Gasteiger partial charge in [-0.25, -0.2) is 9.18 Å². The van der Waals surface area contributed by atoms with E-state index in [9.17, 15) is 14.3 Å². The van der Waals surface area contributed by atoms with Gasteiger partial charge in [-0.1, -0.05) is 29.3 Å². The summed E-state index contributed by atoms with van der Waals surface area (Å²) in [4.78, 5) is 13.7. The van der Waals surface area contributed by atoms with Gasteiger partial charge in [0.1, 0.15) is 11.4 Å². The highest BCUT2D eigenvalue weighted by atomic mass is 35.5. The molecular weight excluding hydrogens is 333 g/mol. The highest BCUT2D eigenvalue weighted by molar-refractivity contribution is 6.30. The third-order valence-electron chi connectivity index (χ3n) is 3.81. The summed E-state index contributed by atoms with van der Waals surface area (Å²) in [7, 11) is 0. The van der Waals surface area contributed by atoms with Gasteiger partial charge in [0.15, 0.2) is 0 Å². The Kier molecular flexibility index (Phi) is 5.88. The number of carbonyl (C=O) groups excluding carboxylic acids is 1. The van der Waals surface area contributed by atoms with Crippen LogP contribution in [0.3, 0.4) is 0 Å². The van der Waals surface area contributed by atoms with E-state index in [1.54, 1.807) is 23.1 Å². The third kappa shape index (κ3) is 4.95. The number of likely N-dealkylation sites (tertiary alicyclic amines) is 1. The number of piperidine rings is 1. The number of nitrogens with zero attached hydrogens (tertiary/aromatic N) is 1. The van der Waals surface area contributed by atoms with Gasteiger partial charge in [-0.3, -0.25) is 0 Å². The van der Waals surface area contributed by atoms with Crippen molar-refractivity contribution in [1.82, 2.24) is 4.90 Å². The van der Waals surface area contributed by atoms with Gasteiger partial charge >= 0.3 is 6.09 Å². The molecule has 0 bridgehead atoms. The van der Waals surface area contributed by atoms with Crippen LogP contribution in [0.2, 0.25) is 5.02 Å². The molecule has 1 heterocycles. The summed E-state index contributed by atoms with van der Waals surface area (Å²) in [6.07, 6.45) is 1.91. The Morgan fingerprint density at radius 2 is 2.21 bits per heavy atom. The van der Waals surface area contributed by atoms with Gasteiger partial charge in [-0.15, -0.1) is 0 Å². The first kappa shape index (κ1) is 18.7. The molecule has 1 aromatic rings. The topological polar surface area (TPSA) is 49.8 Å². The molecule has 1 saturated heterocycles. The molecule has 1 N–H and O–H groups in total. The number of hydrogen-bond acceptors (Lipinski definition) is 3. The Morgan fingerprint density at radius 3 is 2.79 bits per heavy atom. The first-order valence-corrected chi connectivity index (χ1v) is 8.31. The zero-order valence-electron chi connectivity index (χ0n) is 14.2. The molecule has 6 heteroatoms. The smallest absolute Gasteiger partial charge is 0.410 e. The number of aliphatic hydroxyl groups excluding tert-OH is 1. The SMILES string of the molecule is CC(C)(C)OC(=O)N1CC/C(=C/c2ccc(Cl)cc2F)C(CO)C1. The molecule has 0 saturated carbocycles. The van der Waals surface area contributed by atoms with Crippen molar-refractivity contribution < 1.29 is 19.0 Å². The average molecular weight is 356 g/mol. The van der Waals surface area contributed by atoms with E-state index in [-0.39, 0.29) is 12.5 Å². The summed E-state index contributed by atoms with van der Waals surface area (Å²) >= 11 is 5.76. The van der Waals surface area contributed by atoms with Gasteiger partial charge in [-0.2, -0.15) is 0 Å². The zero-order valence-corrected chi connectivity index (χ0v) is 14.9. The van der Waals surface area contributed by atoms with Crippen molar-refractivity contribution in [1.29, 1.82) is 0 Å². The lowest BCUT2D eigenvalue weighted by Crippen LogP contribution is -2.44. The molecule has 0 aliphatic carbocycles. The lowest BCUT2D eigenvalue weighted by molar-refractivity contribution is 0.0182. The lowest BCUT2D eigenvalue weighted by Gasteiger charge is -2.35. The van der Waals surface area contributed by atoms with Crippen LogP contribution in [0.1, 0.15) is 32.8 Å². The van der Waals surface area contributed by atoms with E-state index in [1.165, 1.54) is 6.07 Å². The van der Waals surface area contributed by atoms with Crippen LogP contribution in [-0.2, 0) is 4.74 Å². The lowest BCUT2D eigenvalue weighted by atomic mass is 9.90. The fourth-order valence-electron chi connectivity index (χ4n) is 2.62. The maximum absolute atomic E-state index is 14.0. The largest absolute Gasteiger partial charge is 0.444 e. The van der Waals surface area contributed by atoms with E-state index in [1.807, 2.05) is 20.8 Å². The van der Waals surface area contributed by atoms with Crippen LogP contribution in [0.15, 0.2) is 23.8 Å². The Bertz CT molecular complexity index is 640. The van der Waals surface area contributed by atoms with E-state index in [0.717, 1.165) is 5.57 Å². The summed E-state index contributed by atoms with van der Waals surface area (Å²) in [6, 6.07) is 4.50. The number of halogens is 2.